The summed E-state index contributed by atoms with van der Waals surface area (Å²) in [5, 5.41) is 4.20. The summed E-state index contributed by atoms with van der Waals surface area (Å²) in [6.45, 7) is 2.75. The molecule has 1 atom stereocenters. The number of aromatic nitrogens is 2. The summed E-state index contributed by atoms with van der Waals surface area (Å²) >= 11 is 0. The molecule has 1 unspecified atom stereocenters. The third-order valence-corrected chi connectivity index (χ3v) is 3.08. The van der Waals surface area contributed by atoms with Crippen LogP contribution in [0.25, 0.3) is 0 Å². The zero-order chi connectivity index (χ0) is 14.8. The average molecular weight is 278 g/mol. The first-order chi connectivity index (χ1) is 8.65. The van der Waals surface area contributed by atoms with Gasteiger partial charge in [-0.15, -0.1) is 0 Å². The normalized spacial score (nSPS) is 13.7. The van der Waals surface area contributed by atoms with Crippen molar-refractivity contribution in [3.8, 4) is 0 Å². The Labute approximate surface area is 111 Å². The van der Waals surface area contributed by atoms with Gasteiger partial charge in [-0.2, -0.15) is 18.3 Å². The van der Waals surface area contributed by atoms with Gasteiger partial charge in [-0.3, -0.25) is 4.68 Å². The first-order valence-electron chi connectivity index (χ1n) is 6.21. The van der Waals surface area contributed by atoms with Crippen LogP contribution in [0.4, 0.5) is 19.0 Å². The van der Waals surface area contributed by atoms with E-state index in [0.29, 0.717) is 12.2 Å². The van der Waals surface area contributed by atoms with E-state index in [1.807, 2.05) is 6.92 Å². The minimum absolute atomic E-state index is 0.0686. The van der Waals surface area contributed by atoms with E-state index in [1.54, 1.807) is 14.0 Å². The maximum Gasteiger partial charge on any atom is 0.405 e. The van der Waals surface area contributed by atoms with Crippen molar-refractivity contribution in [2.45, 2.75) is 38.9 Å². The second-order valence-corrected chi connectivity index (χ2v) is 4.85. The lowest BCUT2D eigenvalue weighted by Crippen LogP contribution is -2.33. The molecule has 1 rings (SSSR count). The number of hydrogen-bond acceptors (Lipinski definition) is 3. The summed E-state index contributed by atoms with van der Waals surface area (Å²) in [6, 6.07) is -0.0686. The van der Waals surface area contributed by atoms with Gasteiger partial charge in [-0.1, -0.05) is 6.92 Å². The Hall–Kier alpha value is -1.24. The van der Waals surface area contributed by atoms with E-state index < -0.39 is 12.7 Å². The molecule has 0 amide bonds. The van der Waals surface area contributed by atoms with Crippen LogP contribution in [0.1, 0.15) is 24.6 Å². The van der Waals surface area contributed by atoms with Gasteiger partial charge in [-0.25, -0.2) is 0 Å². The van der Waals surface area contributed by atoms with Crippen molar-refractivity contribution < 1.29 is 13.2 Å². The Morgan fingerprint density at radius 3 is 2.47 bits per heavy atom. The first kappa shape index (κ1) is 15.8. The molecule has 2 N–H and O–H groups in total. The van der Waals surface area contributed by atoms with Gasteiger partial charge in [0.05, 0.1) is 5.69 Å². The van der Waals surface area contributed by atoms with Gasteiger partial charge in [0.1, 0.15) is 12.4 Å². The highest BCUT2D eigenvalue weighted by Gasteiger charge is 2.31. The molecule has 0 bridgehead atoms. The predicted octanol–water partition coefficient (Wildman–Crippen LogP) is 2.01. The van der Waals surface area contributed by atoms with Gasteiger partial charge in [0, 0.05) is 25.7 Å². The topological polar surface area (TPSA) is 47.1 Å². The number of hydrogen-bond donors (Lipinski definition) is 1. The molecular weight excluding hydrogens is 257 g/mol. The van der Waals surface area contributed by atoms with Crippen molar-refractivity contribution in [3.63, 3.8) is 0 Å². The van der Waals surface area contributed by atoms with E-state index in [-0.39, 0.29) is 6.04 Å². The van der Waals surface area contributed by atoms with E-state index in [2.05, 4.69) is 5.10 Å². The van der Waals surface area contributed by atoms with Crippen LogP contribution in [0.2, 0.25) is 0 Å². The zero-order valence-corrected chi connectivity index (χ0v) is 11.8. The van der Waals surface area contributed by atoms with Crippen LogP contribution >= 0.6 is 0 Å². The minimum Gasteiger partial charge on any atom is -0.351 e. The van der Waals surface area contributed by atoms with Crippen LogP contribution in [0.15, 0.2) is 0 Å². The molecule has 0 saturated carbocycles. The van der Waals surface area contributed by atoms with Crippen LogP contribution in [0, 0.1) is 6.92 Å². The molecule has 0 spiro atoms. The van der Waals surface area contributed by atoms with Crippen LogP contribution in [0.3, 0.4) is 0 Å². The van der Waals surface area contributed by atoms with E-state index in [0.717, 1.165) is 17.7 Å². The number of aryl methyl sites for hydroxylation is 2. The standard InChI is InChI=1S/C12H21F3N4/c1-5-9(16)6-10-8(2)17-19(4)11(10)18(3)7-12(13,14)15/h9H,5-7,16H2,1-4H3. The van der Waals surface area contributed by atoms with E-state index in [1.165, 1.54) is 16.6 Å². The third kappa shape index (κ3) is 4.12. The van der Waals surface area contributed by atoms with Crippen molar-refractivity contribution in [2.75, 3.05) is 18.5 Å². The summed E-state index contributed by atoms with van der Waals surface area (Å²) in [6.07, 6.45) is -2.93. The molecular formula is C12H21F3N4. The fourth-order valence-electron chi connectivity index (χ4n) is 2.16. The van der Waals surface area contributed by atoms with E-state index in [9.17, 15) is 13.2 Å². The summed E-state index contributed by atoms with van der Waals surface area (Å²) in [5.41, 5.74) is 7.43. The smallest absolute Gasteiger partial charge is 0.351 e. The van der Waals surface area contributed by atoms with Crippen molar-refractivity contribution in [3.05, 3.63) is 11.3 Å². The number of anilines is 1. The van der Waals surface area contributed by atoms with Crippen molar-refractivity contribution in [2.24, 2.45) is 12.8 Å². The van der Waals surface area contributed by atoms with Crippen LogP contribution in [-0.4, -0.2) is 35.6 Å². The van der Waals surface area contributed by atoms with Gasteiger partial charge >= 0.3 is 6.18 Å². The molecule has 0 aromatic carbocycles. The number of nitrogens with zero attached hydrogens (tertiary/aromatic N) is 3. The average Bonchev–Trinajstić information content (AvgIpc) is 2.51. The maximum atomic E-state index is 12.5. The highest BCUT2D eigenvalue weighted by molar-refractivity contribution is 5.50. The van der Waals surface area contributed by atoms with Crippen molar-refractivity contribution in [1.29, 1.82) is 0 Å². The molecule has 0 fully saturated rings. The minimum atomic E-state index is -4.24. The van der Waals surface area contributed by atoms with Crippen molar-refractivity contribution in [1.82, 2.24) is 9.78 Å². The summed E-state index contributed by atoms with van der Waals surface area (Å²) < 4.78 is 39.0. The summed E-state index contributed by atoms with van der Waals surface area (Å²) in [5.74, 6) is 0.485. The molecule has 110 valence electrons. The molecule has 0 aliphatic heterocycles. The zero-order valence-electron chi connectivity index (χ0n) is 11.8. The van der Waals surface area contributed by atoms with Gasteiger partial charge in [0.25, 0.3) is 0 Å². The van der Waals surface area contributed by atoms with Gasteiger partial charge < -0.3 is 10.6 Å². The van der Waals surface area contributed by atoms with Crippen LogP contribution in [-0.2, 0) is 13.5 Å². The Balaban J connectivity index is 3.05. The van der Waals surface area contributed by atoms with Gasteiger partial charge in [-0.05, 0) is 19.8 Å². The molecule has 0 saturated heterocycles. The van der Waals surface area contributed by atoms with E-state index >= 15 is 0 Å². The molecule has 0 aliphatic rings. The van der Waals surface area contributed by atoms with Crippen LogP contribution in [0.5, 0.6) is 0 Å². The van der Waals surface area contributed by atoms with Crippen LogP contribution < -0.4 is 10.6 Å². The Kier molecular flexibility index (Phi) is 4.84. The fourth-order valence-corrected chi connectivity index (χ4v) is 2.16. The molecule has 19 heavy (non-hydrogen) atoms. The fraction of sp³-hybridized carbons (Fsp3) is 0.750. The first-order valence-corrected chi connectivity index (χ1v) is 6.21. The van der Waals surface area contributed by atoms with E-state index in [4.69, 9.17) is 5.73 Å². The van der Waals surface area contributed by atoms with Gasteiger partial charge in [0.15, 0.2) is 0 Å². The van der Waals surface area contributed by atoms with Crippen molar-refractivity contribution >= 4 is 5.82 Å². The number of halogens is 3. The largest absolute Gasteiger partial charge is 0.405 e. The molecule has 1 aromatic heterocycles. The number of rotatable bonds is 5. The quantitative estimate of drug-likeness (QED) is 0.896. The lowest BCUT2D eigenvalue weighted by atomic mass is 10.0. The highest BCUT2D eigenvalue weighted by atomic mass is 19.4. The predicted molar refractivity (Wildman–Crippen MR) is 69.2 cm³/mol. The molecule has 4 nitrogen and oxygen atoms in total. The lowest BCUT2D eigenvalue weighted by molar-refractivity contribution is -0.119. The maximum absolute atomic E-state index is 12.5. The lowest BCUT2D eigenvalue weighted by Gasteiger charge is -2.23. The SMILES string of the molecule is CCC(N)Cc1c(C)nn(C)c1N(C)CC(F)(F)F. The summed E-state index contributed by atoms with van der Waals surface area (Å²) in [7, 11) is 3.07. The highest BCUT2D eigenvalue weighted by Crippen LogP contribution is 2.27. The Morgan fingerprint density at radius 1 is 1.42 bits per heavy atom. The summed E-state index contributed by atoms with van der Waals surface area (Å²) in [4.78, 5) is 1.18. The number of nitrogens with two attached hydrogens (primary N) is 1. The van der Waals surface area contributed by atoms with Gasteiger partial charge in [0.2, 0.25) is 0 Å². The molecule has 7 heteroatoms. The monoisotopic (exact) mass is 278 g/mol. The molecule has 0 aliphatic carbocycles. The molecule has 1 aromatic rings. The second-order valence-electron chi connectivity index (χ2n) is 4.85. The Morgan fingerprint density at radius 2 is 2.00 bits per heavy atom. The molecule has 0 radical (unpaired) electrons. The molecule has 1 heterocycles. The number of alkyl halides is 3. The second kappa shape index (κ2) is 5.81. The third-order valence-electron chi connectivity index (χ3n) is 3.08. The Bertz CT molecular complexity index is 425.